The maximum atomic E-state index is 10.3. The molecule has 0 radical (unpaired) electrons. The molecular weight excluding hydrogens is 336 g/mol. The number of aryl methyl sites for hydroxylation is 2. The number of hydrogen-bond acceptors (Lipinski definition) is 4. The van der Waals surface area contributed by atoms with Crippen LogP contribution in [0.4, 0.5) is 5.69 Å². The monoisotopic (exact) mass is 368 g/mol. The first kappa shape index (κ1) is 21.0. The quantitative estimate of drug-likeness (QED) is 0.798. The van der Waals surface area contributed by atoms with Crippen LogP contribution in [0.25, 0.3) is 0 Å². The van der Waals surface area contributed by atoms with Crippen LogP contribution in [0.3, 0.4) is 0 Å². The zero-order valence-electron chi connectivity index (χ0n) is 17.2. The molecule has 0 saturated carbocycles. The molecule has 1 N–H and O–H groups in total. The van der Waals surface area contributed by atoms with Crippen LogP contribution in [0, 0.1) is 13.8 Å². The third-order valence-corrected chi connectivity index (χ3v) is 4.57. The molecule has 1 heterocycles. The molecule has 27 heavy (non-hydrogen) atoms. The highest BCUT2D eigenvalue weighted by molar-refractivity contribution is 5.67. The summed E-state index contributed by atoms with van der Waals surface area (Å²) in [4.78, 5) is 6.55. The van der Waals surface area contributed by atoms with Gasteiger partial charge in [0.25, 0.3) is 0 Å². The molecule has 0 aromatic heterocycles. The van der Waals surface area contributed by atoms with Gasteiger partial charge < -0.3 is 14.7 Å². The molecule has 146 valence electrons. The number of aliphatic imine (C=N–C) groups is 1. The van der Waals surface area contributed by atoms with Gasteiger partial charge in [0.15, 0.2) is 0 Å². The van der Waals surface area contributed by atoms with E-state index in [4.69, 9.17) is 4.74 Å². The number of fused-ring (bicyclic) bond motifs is 1. The molecule has 0 spiro atoms. The van der Waals surface area contributed by atoms with Gasteiger partial charge in [-0.2, -0.15) is 0 Å². The standard InChI is InChI=1S/C21H26N2O2.C2H6/c1-15-5-4-6-20(8-7-15)25-13-19(24)12-23-11-18-9-16(2)17(3)10-21(18)22-14-23;1-2/h4,6-10,14,19,24H,5,11-13H2,1-3H3;1-2H3. The number of hydrogen-bond donors (Lipinski definition) is 1. The van der Waals surface area contributed by atoms with Crippen molar-refractivity contribution in [2.45, 2.75) is 53.7 Å². The molecule has 3 rings (SSSR count). The van der Waals surface area contributed by atoms with E-state index in [0.717, 1.165) is 24.4 Å². The average Bonchev–Trinajstić information content (AvgIpc) is 2.87. The lowest BCUT2D eigenvalue weighted by atomic mass is 10.0. The highest BCUT2D eigenvalue weighted by atomic mass is 16.5. The van der Waals surface area contributed by atoms with Crippen molar-refractivity contribution in [2.75, 3.05) is 13.2 Å². The second kappa shape index (κ2) is 10.1. The van der Waals surface area contributed by atoms with E-state index in [9.17, 15) is 5.11 Å². The summed E-state index contributed by atoms with van der Waals surface area (Å²) in [5, 5.41) is 10.3. The second-order valence-corrected chi connectivity index (χ2v) is 6.89. The van der Waals surface area contributed by atoms with E-state index < -0.39 is 6.10 Å². The lowest BCUT2D eigenvalue weighted by molar-refractivity contribution is 0.0596. The van der Waals surface area contributed by atoms with Crippen molar-refractivity contribution in [1.82, 2.24) is 4.90 Å². The van der Waals surface area contributed by atoms with Crippen LogP contribution in [0.15, 0.2) is 52.8 Å². The van der Waals surface area contributed by atoms with Gasteiger partial charge in [0.1, 0.15) is 18.5 Å². The average molecular weight is 369 g/mol. The SMILES string of the molecule is CC.CC1=CC=C(OCC(O)CN2C=Nc3cc(C)c(C)cc3C2)C=CC1. The number of aliphatic hydroxyl groups is 1. The Labute approximate surface area is 163 Å². The van der Waals surface area contributed by atoms with Crippen LogP contribution in [0.5, 0.6) is 0 Å². The molecule has 4 heteroatoms. The molecule has 1 unspecified atom stereocenters. The number of aliphatic hydroxyl groups excluding tert-OH is 1. The fourth-order valence-electron chi connectivity index (χ4n) is 2.94. The molecule has 0 fully saturated rings. The summed E-state index contributed by atoms with van der Waals surface area (Å²) in [5.41, 5.74) is 6.06. The molecule has 1 aliphatic heterocycles. The number of rotatable bonds is 5. The van der Waals surface area contributed by atoms with Gasteiger partial charge in [-0.3, -0.25) is 0 Å². The minimum absolute atomic E-state index is 0.271. The Morgan fingerprint density at radius 2 is 1.89 bits per heavy atom. The Morgan fingerprint density at radius 3 is 2.67 bits per heavy atom. The number of benzene rings is 1. The summed E-state index contributed by atoms with van der Waals surface area (Å²) >= 11 is 0. The van der Waals surface area contributed by atoms with E-state index in [0.29, 0.717) is 6.54 Å². The molecule has 0 saturated heterocycles. The first-order chi connectivity index (χ1) is 13.0. The summed E-state index contributed by atoms with van der Waals surface area (Å²) < 4.78 is 5.73. The number of ether oxygens (including phenoxy) is 1. The summed E-state index contributed by atoms with van der Waals surface area (Å²) in [5.74, 6) is 0.791. The largest absolute Gasteiger partial charge is 0.491 e. The molecule has 0 bridgehead atoms. The molecule has 1 aliphatic carbocycles. The van der Waals surface area contributed by atoms with E-state index in [-0.39, 0.29) is 6.61 Å². The Bertz CT molecular complexity index is 760. The van der Waals surface area contributed by atoms with Gasteiger partial charge >= 0.3 is 0 Å². The fraction of sp³-hybridized carbons (Fsp3) is 0.435. The van der Waals surface area contributed by atoms with Crippen molar-refractivity contribution < 1.29 is 9.84 Å². The number of β-amino-alcohol motifs (C(OH)–C–C–N with tert-alkyl or cyclic N) is 1. The van der Waals surface area contributed by atoms with Crippen LogP contribution >= 0.6 is 0 Å². The topological polar surface area (TPSA) is 45.1 Å². The number of allylic oxidation sites excluding steroid dienone is 5. The van der Waals surface area contributed by atoms with Gasteiger partial charge in [0, 0.05) is 13.1 Å². The van der Waals surface area contributed by atoms with Crippen molar-refractivity contribution in [3.8, 4) is 0 Å². The molecule has 2 aliphatic rings. The predicted octanol–water partition coefficient (Wildman–Crippen LogP) is 4.97. The third kappa shape index (κ3) is 6.10. The highest BCUT2D eigenvalue weighted by Crippen LogP contribution is 2.27. The summed E-state index contributed by atoms with van der Waals surface area (Å²) in [6.07, 6.45) is 10.2. The summed E-state index contributed by atoms with van der Waals surface area (Å²) in [6, 6.07) is 4.31. The Balaban J connectivity index is 0.00000126. The van der Waals surface area contributed by atoms with E-state index in [2.05, 4.69) is 50.0 Å². The van der Waals surface area contributed by atoms with Crippen LogP contribution in [0.1, 0.15) is 43.9 Å². The predicted molar refractivity (Wildman–Crippen MR) is 113 cm³/mol. The van der Waals surface area contributed by atoms with Crippen molar-refractivity contribution in [3.05, 3.63) is 64.5 Å². The third-order valence-electron chi connectivity index (χ3n) is 4.57. The van der Waals surface area contributed by atoms with Gasteiger partial charge in [0.2, 0.25) is 0 Å². The Hall–Kier alpha value is -2.33. The van der Waals surface area contributed by atoms with Crippen molar-refractivity contribution in [1.29, 1.82) is 0 Å². The first-order valence-electron chi connectivity index (χ1n) is 9.74. The molecule has 1 aromatic rings. The van der Waals surface area contributed by atoms with Crippen LogP contribution in [0.2, 0.25) is 0 Å². The van der Waals surface area contributed by atoms with Crippen LogP contribution < -0.4 is 0 Å². The molecule has 1 aromatic carbocycles. The molecule has 1 atom stereocenters. The Morgan fingerprint density at radius 1 is 1.15 bits per heavy atom. The minimum atomic E-state index is -0.567. The van der Waals surface area contributed by atoms with Crippen LogP contribution in [-0.4, -0.2) is 35.6 Å². The van der Waals surface area contributed by atoms with Gasteiger partial charge in [0.05, 0.1) is 12.0 Å². The van der Waals surface area contributed by atoms with Gasteiger partial charge in [-0.15, -0.1) is 0 Å². The molecule has 4 nitrogen and oxygen atoms in total. The van der Waals surface area contributed by atoms with E-state index >= 15 is 0 Å². The zero-order valence-corrected chi connectivity index (χ0v) is 17.2. The lowest BCUT2D eigenvalue weighted by Gasteiger charge is -2.27. The molecule has 0 amide bonds. The van der Waals surface area contributed by atoms with Crippen molar-refractivity contribution in [2.24, 2.45) is 4.99 Å². The van der Waals surface area contributed by atoms with Crippen molar-refractivity contribution in [3.63, 3.8) is 0 Å². The van der Waals surface area contributed by atoms with E-state index in [1.54, 1.807) is 0 Å². The first-order valence-corrected chi connectivity index (χ1v) is 9.74. The second-order valence-electron chi connectivity index (χ2n) is 6.89. The summed E-state index contributed by atoms with van der Waals surface area (Å²) in [6.45, 7) is 11.9. The highest BCUT2D eigenvalue weighted by Gasteiger charge is 2.16. The maximum absolute atomic E-state index is 10.3. The maximum Gasteiger partial charge on any atom is 0.119 e. The van der Waals surface area contributed by atoms with E-state index in [1.165, 1.54) is 22.3 Å². The minimum Gasteiger partial charge on any atom is -0.491 e. The van der Waals surface area contributed by atoms with Gasteiger partial charge in [-0.25, -0.2) is 4.99 Å². The Kier molecular flexibility index (Phi) is 7.86. The smallest absolute Gasteiger partial charge is 0.119 e. The van der Waals surface area contributed by atoms with Gasteiger partial charge in [-0.05, 0) is 62.1 Å². The summed E-state index contributed by atoms with van der Waals surface area (Å²) in [7, 11) is 0. The van der Waals surface area contributed by atoms with Crippen molar-refractivity contribution >= 4 is 12.0 Å². The van der Waals surface area contributed by atoms with Crippen LogP contribution in [-0.2, 0) is 11.3 Å². The number of nitrogens with zero attached hydrogens (tertiary/aromatic N) is 2. The zero-order chi connectivity index (χ0) is 19.8. The molecular formula is C23H32N2O2. The normalized spacial score (nSPS) is 16.4. The van der Waals surface area contributed by atoms with Gasteiger partial charge in [-0.1, -0.05) is 37.6 Å². The fourth-order valence-corrected chi connectivity index (χ4v) is 2.94. The lowest BCUT2D eigenvalue weighted by Crippen LogP contribution is -2.34. The van der Waals surface area contributed by atoms with E-state index in [1.807, 2.05) is 37.2 Å².